The number of aromatic nitrogens is 1. The van der Waals surface area contributed by atoms with Crippen LogP contribution in [0.2, 0.25) is 0 Å². The number of aryl methyl sites for hydroxylation is 2. The summed E-state index contributed by atoms with van der Waals surface area (Å²) >= 11 is 0. The molecule has 1 heterocycles. The van der Waals surface area contributed by atoms with Crippen LogP contribution >= 0.6 is 0 Å². The van der Waals surface area contributed by atoms with Crippen molar-refractivity contribution in [2.24, 2.45) is 0 Å². The van der Waals surface area contributed by atoms with E-state index in [2.05, 4.69) is 10.3 Å². The second-order valence-electron chi connectivity index (χ2n) is 6.11. The van der Waals surface area contributed by atoms with Gasteiger partial charge in [-0.2, -0.15) is 0 Å². The zero-order valence-electron chi connectivity index (χ0n) is 13.1. The zero-order valence-corrected chi connectivity index (χ0v) is 13.1. The molecule has 1 unspecified atom stereocenters. The Morgan fingerprint density at radius 2 is 2.09 bits per heavy atom. The van der Waals surface area contributed by atoms with E-state index in [4.69, 9.17) is 0 Å². The SMILES string of the molecule is Cc1ccc(C(=O)NCC2(O)CCCc3ccccc32)c(=O)[nH]1. The first kappa shape index (κ1) is 15.5. The number of H-pyrrole nitrogens is 1. The molecule has 0 aliphatic heterocycles. The van der Waals surface area contributed by atoms with Gasteiger partial charge in [-0.25, -0.2) is 0 Å². The van der Waals surface area contributed by atoms with Crippen LogP contribution in [0.25, 0.3) is 0 Å². The quantitative estimate of drug-likeness (QED) is 0.806. The van der Waals surface area contributed by atoms with E-state index in [1.807, 2.05) is 24.3 Å². The third kappa shape index (κ3) is 3.05. The normalized spacial score (nSPS) is 19.9. The third-order valence-electron chi connectivity index (χ3n) is 4.40. The fraction of sp³-hybridized carbons (Fsp3) is 0.333. The van der Waals surface area contributed by atoms with Crippen molar-refractivity contribution in [3.05, 3.63) is 69.1 Å². The number of aromatic amines is 1. The lowest BCUT2D eigenvalue weighted by atomic mass is 9.79. The highest BCUT2D eigenvalue weighted by Gasteiger charge is 2.34. The summed E-state index contributed by atoms with van der Waals surface area (Å²) < 4.78 is 0. The summed E-state index contributed by atoms with van der Waals surface area (Å²) in [6, 6.07) is 10.9. The highest BCUT2D eigenvalue weighted by molar-refractivity contribution is 5.93. The van der Waals surface area contributed by atoms with E-state index >= 15 is 0 Å². The molecule has 0 saturated carbocycles. The molecule has 5 nitrogen and oxygen atoms in total. The Hall–Kier alpha value is -2.40. The summed E-state index contributed by atoms with van der Waals surface area (Å²) in [6.45, 7) is 1.85. The molecule has 5 heteroatoms. The monoisotopic (exact) mass is 312 g/mol. The van der Waals surface area contributed by atoms with Crippen LogP contribution in [-0.4, -0.2) is 22.5 Å². The summed E-state index contributed by atoms with van der Waals surface area (Å²) in [5.74, 6) is -0.470. The maximum absolute atomic E-state index is 12.2. The molecule has 0 bridgehead atoms. The molecule has 1 aliphatic rings. The Bertz CT molecular complexity index is 797. The summed E-state index contributed by atoms with van der Waals surface area (Å²) in [6.07, 6.45) is 2.40. The lowest BCUT2D eigenvalue weighted by molar-refractivity contribution is 0.0189. The fourth-order valence-corrected chi connectivity index (χ4v) is 3.15. The molecule has 1 aromatic heterocycles. The highest BCUT2D eigenvalue weighted by Crippen LogP contribution is 2.34. The zero-order chi connectivity index (χ0) is 16.4. The van der Waals surface area contributed by atoms with Crippen molar-refractivity contribution < 1.29 is 9.90 Å². The first-order chi connectivity index (χ1) is 11.0. The van der Waals surface area contributed by atoms with Gasteiger partial charge in [-0.3, -0.25) is 9.59 Å². The second kappa shape index (κ2) is 6.01. The van der Waals surface area contributed by atoms with Gasteiger partial charge in [0.1, 0.15) is 11.2 Å². The molecule has 3 N–H and O–H groups in total. The number of carbonyl (C=O) groups excluding carboxylic acids is 1. The number of carbonyl (C=O) groups is 1. The van der Waals surface area contributed by atoms with E-state index in [0.29, 0.717) is 12.1 Å². The molecule has 0 radical (unpaired) electrons. The van der Waals surface area contributed by atoms with Gasteiger partial charge >= 0.3 is 0 Å². The summed E-state index contributed by atoms with van der Waals surface area (Å²) in [4.78, 5) is 26.7. The van der Waals surface area contributed by atoms with E-state index in [1.54, 1.807) is 13.0 Å². The molecule has 1 amide bonds. The van der Waals surface area contributed by atoms with Crippen LogP contribution in [-0.2, 0) is 12.0 Å². The summed E-state index contributed by atoms with van der Waals surface area (Å²) in [7, 11) is 0. The number of rotatable bonds is 3. The van der Waals surface area contributed by atoms with Crippen molar-refractivity contribution in [1.82, 2.24) is 10.3 Å². The van der Waals surface area contributed by atoms with E-state index in [0.717, 1.165) is 24.0 Å². The van der Waals surface area contributed by atoms with Crippen LogP contribution < -0.4 is 10.9 Å². The van der Waals surface area contributed by atoms with Gasteiger partial charge < -0.3 is 15.4 Å². The molecule has 1 aromatic carbocycles. The van der Waals surface area contributed by atoms with Gasteiger partial charge in [0, 0.05) is 5.69 Å². The lowest BCUT2D eigenvalue weighted by Gasteiger charge is -2.34. The molecule has 2 aromatic rings. The average molecular weight is 312 g/mol. The van der Waals surface area contributed by atoms with Gasteiger partial charge in [0.2, 0.25) is 0 Å². The standard InChI is InChI=1S/C18H20N2O3/c1-12-8-9-14(17(22)20-12)16(21)19-11-18(23)10-4-6-13-5-2-3-7-15(13)18/h2-3,5,7-9,23H,4,6,10-11H2,1H3,(H,19,21)(H,20,22). The Balaban J connectivity index is 1.78. The average Bonchev–Trinajstić information content (AvgIpc) is 2.53. The first-order valence-corrected chi connectivity index (χ1v) is 7.78. The highest BCUT2D eigenvalue weighted by atomic mass is 16.3. The van der Waals surface area contributed by atoms with Gasteiger partial charge in [-0.15, -0.1) is 0 Å². The van der Waals surface area contributed by atoms with Crippen molar-refractivity contribution >= 4 is 5.91 Å². The molecule has 3 rings (SSSR count). The smallest absolute Gasteiger partial charge is 0.260 e. The Morgan fingerprint density at radius 3 is 2.87 bits per heavy atom. The van der Waals surface area contributed by atoms with Gasteiger partial charge in [0.15, 0.2) is 0 Å². The Labute approximate surface area is 134 Å². The lowest BCUT2D eigenvalue weighted by Crippen LogP contribution is -2.44. The number of hydrogen-bond donors (Lipinski definition) is 3. The molecular formula is C18H20N2O3. The maximum Gasteiger partial charge on any atom is 0.260 e. The van der Waals surface area contributed by atoms with Gasteiger partial charge in [-0.1, -0.05) is 24.3 Å². The van der Waals surface area contributed by atoms with Crippen molar-refractivity contribution in [3.63, 3.8) is 0 Å². The largest absolute Gasteiger partial charge is 0.383 e. The molecule has 1 atom stereocenters. The molecule has 1 aliphatic carbocycles. The molecule has 23 heavy (non-hydrogen) atoms. The van der Waals surface area contributed by atoms with Crippen LogP contribution in [0, 0.1) is 6.92 Å². The Kier molecular flexibility index (Phi) is 4.05. The summed E-state index contributed by atoms with van der Waals surface area (Å²) in [5.41, 5.74) is 1.24. The van der Waals surface area contributed by atoms with Crippen molar-refractivity contribution in [1.29, 1.82) is 0 Å². The molecular weight excluding hydrogens is 292 g/mol. The topological polar surface area (TPSA) is 82.2 Å². The van der Waals surface area contributed by atoms with Crippen LogP contribution in [0.15, 0.2) is 41.2 Å². The predicted octanol–water partition coefficient (Wildman–Crippen LogP) is 1.64. The van der Waals surface area contributed by atoms with E-state index < -0.39 is 17.1 Å². The van der Waals surface area contributed by atoms with E-state index in [-0.39, 0.29) is 12.1 Å². The van der Waals surface area contributed by atoms with E-state index in [1.165, 1.54) is 6.07 Å². The fourth-order valence-electron chi connectivity index (χ4n) is 3.15. The van der Waals surface area contributed by atoms with Crippen LogP contribution in [0.5, 0.6) is 0 Å². The number of hydrogen-bond acceptors (Lipinski definition) is 3. The number of pyridine rings is 1. The van der Waals surface area contributed by atoms with Crippen LogP contribution in [0.4, 0.5) is 0 Å². The van der Waals surface area contributed by atoms with Crippen molar-refractivity contribution in [3.8, 4) is 0 Å². The maximum atomic E-state index is 12.2. The van der Waals surface area contributed by atoms with Crippen molar-refractivity contribution in [2.75, 3.05) is 6.54 Å². The Morgan fingerprint density at radius 1 is 1.30 bits per heavy atom. The second-order valence-corrected chi connectivity index (χ2v) is 6.11. The number of nitrogens with one attached hydrogen (secondary N) is 2. The minimum absolute atomic E-state index is 0.0586. The van der Waals surface area contributed by atoms with Gasteiger partial charge in [-0.05, 0) is 49.4 Å². The van der Waals surface area contributed by atoms with Gasteiger partial charge in [0.25, 0.3) is 11.5 Å². The molecule has 0 spiro atoms. The summed E-state index contributed by atoms with van der Waals surface area (Å²) in [5, 5.41) is 13.6. The minimum atomic E-state index is -1.08. The van der Waals surface area contributed by atoms with Crippen molar-refractivity contribution in [2.45, 2.75) is 31.8 Å². The van der Waals surface area contributed by atoms with Crippen LogP contribution in [0.3, 0.4) is 0 Å². The predicted molar refractivity (Wildman–Crippen MR) is 87.4 cm³/mol. The number of aliphatic hydroxyl groups is 1. The number of amides is 1. The molecule has 0 fully saturated rings. The third-order valence-corrected chi connectivity index (χ3v) is 4.40. The number of benzene rings is 1. The van der Waals surface area contributed by atoms with Crippen LogP contribution in [0.1, 0.15) is 40.0 Å². The number of fused-ring (bicyclic) bond motifs is 1. The minimum Gasteiger partial charge on any atom is -0.383 e. The van der Waals surface area contributed by atoms with Gasteiger partial charge in [0.05, 0.1) is 6.54 Å². The first-order valence-electron chi connectivity index (χ1n) is 7.78. The molecule has 0 saturated heterocycles. The van der Waals surface area contributed by atoms with E-state index in [9.17, 15) is 14.7 Å². The molecule has 120 valence electrons.